The normalized spacial score (nSPS) is 9.93. The molecule has 1 N–H and O–H groups in total. The summed E-state index contributed by atoms with van der Waals surface area (Å²) in [5, 5.41) is 8.61. The van der Waals surface area contributed by atoms with E-state index in [0.717, 1.165) is 17.1 Å². The van der Waals surface area contributed by atoms with Crippen molar-refractivity contribution >= 4 is 0 Å². The van der Waals surface area contributed by atoms with Gasteiger partial charge in [-0.3, -0.25) is 0 Å². The molecule has 0 saturated carbocycles. The second kappa shape index (κ2) is 5.50. The standard InChI is InChI=1S/C11H16O3/c1-9-4-5-10(13-2)11(8-9)14-7-3-6-12/h4-5,8,12H,3,6-7H2,1-2H3. The maximum atomic E-state index is 8.61. The Morgan fingerprint density at radius 2 is 2.07 bits per heavy atom. The Bertz CT molecular complexity index is 284. The van der Waals surface area contributed by atoms with Gasteiger partial charge in [-0.25, -0.2) is 0 Å². The van der Waals surface area contributed by atoms with E-state index < -0.39 is 0 Å². The average Bonchev–Trinajstić information content (AvgIpc) is 2.19. The summed E-state index contributed by atoms with van der Waals surface area (Å²) in [5.41, 5.74) is 1.13. The molecule has 0 radical (unpaired) electrons. The van der Waals surface area contributed by atoms with E-state index in [0.29, 0.717) is 13.0 Å². The van der Waals surface area contributed by atoms with Crippen molar-refractivity contribution in [1.82, 2.24) is 0 Å². The number of aryl methyl sites for hydroxylation is 1. The minimum Gasteiger partial charge on any atom is -0.493 e. The number of benzene rings is 1. The Morgan fingerprint density at radius 3 is 2.71 bits per heavy atom. The van der Waals surface area contributed by atoms with E-state index in [9.17, 15) is 0 Å². The summed E-state index contributed by atoms with van der Waals surface area (Å²) < 4.78 is 10.6. The van der Waals surface area contributed by atoms with Gasteiger partial charge in [0.1, 0.15) is 0 Å². The quantitative estimate of drug-likeness (QED) is 0.729. The van der Waals surface area contributed by atoms with Gasteiger partial charge in [0.05, 0.1) is 13.7 Å². The van der Waals surface area contributed by atoms with E-state index in [4.69, 9.17) is 14.6 Å². The van der Waals surface area contributed by atoms with Gasteiger partial charge in [0.25, 0.3) is 0 Å². The highest BCUT2D eigenvalue weighted by Gasteiger charge is 2.03. The molecular weight excluding hydrogens is 180 g/mol. The third-order valence-corrected chi connectivity index (χ3v) is 1.88. The molecule has 0 saturated heterocycles. The van der Waals surface area contributed by atoms with Crippen molar-refractivity contribution in [2.45, 2.75) is 13.3 Å². The Hall–Kier alpha value is -1.22. The van der Waals surface area contributed by atoms with Crippen LogP contribution >= 0.6 is 0 Å². The van der Waals surface area contributed by atoms with E-state index in [1.807, 2.05) is 25.1 Å². The topological polar surface area (TPSA) is 38.7 Å². The largest absolute Gasteiger partial charge is 0.493 e. The Morgan fingerprint density at radius 1 is 1.29 bits per heavy atom. The lowest BCUT2D eigenvalue weighted by Gasteiger charge is -2.10. The summed E-state index contributed by atoms with van der Waals surface area (Å²) in [7, 11) is 1.61. The molecule has 0 amide bonds. The van der Waals surface area contributed by atoms with E-state index in [2.05, 4.69) is 0 Å². The summed E-state index contributed by atoms with van der Waals surface area (Å²) in [5.74, 6) is 1.47. The van der Waals surface area contributed by atoms with Gasteiger partial charge in [0.15, 0.2) is 11.5 Å². The van der Waals surface area contributed by atoms with Crippen molar-refractivity contribution in [2.24, 2.45) is 0 Å². The van der Waals surface area contributed by atoms with Crippen LogP contribution in [0.3, 0.4) is 0 Å². The molecule has 0 aliphatic rings. The minimum atomic E-state index is 0.147. The zero-order valence-electron chi connectivity index (χ0n) is 8.62. The Balaban J connectivity index is 2.67. The van der Waals surface area contributed by atoms with E-state index in [1.54, 1.807) is 7.11 Å². The fourth-order valence-electron chi connectivity index (χ4n) is 1.14. The minimum absolute atomic E-state index is 0.147. The van der Waals surface area contributed by atoms with Gasteiger partial charge < -0.3 is 14.6 Å². The predicted octanol–water partition coefficient (Wildman–Crippen LogP) is 1.76. The van der Waals surface area contributed by atoms with E-state index >= 15 is 0 Å². The maximum absolute atomic E-state index is 8.61. The first kappa shape index (κ1) is 10.9. The highest BCUT2D eigenvalue weighted by molar-refractivity contribution is 5.42. The molecule has 0 aliphatic carbocycles. The van der Waals surface area contributed by atoms with E-state index in [-0.39, 0.29) is 6.61 Å². The Kier molecular flexibility index (Phi) is 4.26. The highest BCUT2D eigenvalue weighted by atomic mass is 16.5. The van der Waals surface area contributed by atoms with Gasteiger partial charge in [0.2, 0.25) is 0 Å². The molecule has 3 nitrogen and oxygen atoms in total. The van der Waals surface area contributed by atoms with Gasteiger partial charge in [-0.2, -0.15) is 0 Å². The molecule has 1 rings (SSSR count). The highest BCUT2D eigenvalue weighted by Crippen LogP contribution is 2.27. The number of aliphatic hydroxyl groups is 1. The predicted molar refractivity (Wildman–Crippen MR) is 54.9 cm³/mol. The molecule has 0 aliphatic heterocycles. The number of aliphatic hydroxyl groups excluding tert-OH is 1. The Labute approximate surface area is 84.3 Å². The van der Waals surface area contributed by atoms with Crippen LogP contribution in [0.5, 0.6) is 11.5 Å². The van der Waals surface area contributed by atoms with Crippen molar-refractivity contribution in [3.8, 4) is 11.5 Å². The molecule has 3 heteroatoms. The number of ether oxygens (including phenoxy) is 2. The van der Waals surface area contributed by atoms with Gasteiger partial charge in [0, 0.05) is 13.0 Å². The molecule has 0 bridgehead atoms. The van der Waals surface area contributed by atoms with Gasteiger partial charge >= 0.3 is 0 Å². The number of rotatable bonds is 5. The molecular formula is C11H16O3. The lowest BCUT2D eigenvalue weighted by Crippen LogP contribution is -2.01. The summed E-state index contributed by atoms with van der Waals surface area (Å²) in [6.45, 7) is 2.66. The van der Waals surface area contributed by atoms with Crippen LogP contribution in [0.15, 0.2) is 18.2 Å². The van der Waals surface area contributed by atoms with Crippen LogP contribution in [0.1, 0.15) is 12.0 Å². The van der Waals surface area contributed by atoms with Crippen LogP contribution in [0, 0.1) is 6.92 Å². The third-order valence-electron chi connectivity index (χ3n) is 1.88. The van der Waals surface area contributed by atoms with Crippen molar-refractivity contribution in [3.05, 3.63) is 23.8 Å². The van der Waals surface area contributed by atoms with Crippen LogP contribution < -0.4 is 9.47 Å². The smallest absolute Gasteiger partial charge is 0.161 e. The molecule has 78 valence electrons. The second-order valence-electron chi connectivity index (χ2n) is 3.08. The fraction of sp³-hybridized carbons (Fsp3) is 0.455. The number of hydrogen-bond acceptors (Lipinski definition) is 3. The molecule has 0 heterocycles. The van der Waals surface area contributed by atoms with Crippen LogP contribution in [0.2, 0.25) is 0 Å². The average molecular weight is 196 g/mol. The third kappa shape index (κ3) is 2.92. The van der Waals surface area contributed by atoms with Gasteiger partial charge in [-0.15, -0.1) is 0 Å². The lowest BCUT2D eigenvalue weighted by molar-refractivity contribution is 0.228. The molecule has 1 aromatic rings. The zero-order chi connectivity index (χ0) is 10.4. The zero-order valence-corrected chi connectivity index (χ0v) is 8.62. The summed E-state index contributed by atoms with van der Waals surface area (Å²) >= 11 is 0. The van der Waals surface area contributed by atoms with Crippen LogP contribution in [0.4, 0.5) is 0 Å². The maximum Gasteiger partial charge on any atom is 0.161 e. The molecule has 0 atom stereocenters. The molecule has 0 unspecified atom stereocenters. The van der Waals surface area contributed by atoms with Gasteiger partial charge in [-0.1, -0.05) is 6.07 Å². The van der Waals surface area contributed by atoms with Crippen LogP contribution in [0.25, 0.3) is 0 Å². The number of hydrogen-bond donors (Lipinski definition) is 1. The lowest BCUT2D eigenvalue weighted by atomic mass is 10.2. The summed E-state index contributed by atoms with van der Waals surface area (Å²) in [6, 6.07) is 5.78. The molecule has 14 heavy (non-hydrogen) atoms. The molecule has 0 aromatic heterocycles. The van der Waals surface area contributed by atoms with Crippen molar-refractivity contribution in [3.63, 3.8) is 0 Å². The van der Waals surface area contributed by atoms with Crippen molar-refractivity contribution in [1.29, 1.82) is 0 Å². The number of methoxy groups -OCH3 is 1. The SMILES string of the molecule is COc1ccc(C)cc1OCCCO. The van der Waals surface area contributed by atoms with Crippen LogP contribution in [-0.4, -0.2) is 25.4 Å². The van der Waals surface area contributed by atoms with Gasteiger partial charge in [-0.05, 0) is 24.6 Å². The molecule has 1 aromatic carbocycles. The van der Waals surface area contributed by atoms with Crippen LogP contribution in [-0.2, 0) is 0 Å². The van der Waals surface area contributed by atoms with Crippen molar-refractivity contribution < 1.29 is 14.6 Å². The first-order chi connectivity index (χ1) is 6.77. The first-order valence-corrected chi connectivity index (χ1v) is 4.66. The second-order valence-corrected chi connectivity index (χ2v) is 3.08. The fourth-order valence-corrected chi connectivity index (χ4v) is 1.14. The molecule has 0 spiro atoms. The summed E-state index contributed by atoms with van der Waals surface area (Å²) in [4.78, 5) is 0. The monoisotopic (exact) mass is 196 g/mol. The molecule has 0 fully saturated rings. The summed E-state index contributed by atoms with van der Waals surface area (Å²) in [6.07, 6.45) is 0.636. The van der Waals surface area contributed by atoms with E-state index in [1.165, 1.54) is 0 Å². The van der Waals surface area contributed by atoms with Crippen molar-refractivity contribution in [2.75, 3.05) is 20.3 Å². The first-order valence-electron chi connectivity index (χ1n) is 4.66.